The molecule has 0 atom stereocenters. The standard InChI is InChI=1S/C15H14FNO2/c1-10(18)11-6-12(16)8-14(7-11)17-13-4-3-5-15(9-13)19-2/h3-9,17H,1-2H3. The SMILES string of the molecule is COc1cccc(Nc2cc(F)cc(C(C)=O)c2)c1. The van der Waals surface area contributed by atoms with Gasteiger partial charge in [0.15, 0.2) is 5.78 Å². The van der Waals surface area contributed by atoms with Gasteiger partial charge < -0.3 is 10.1 Å². The van der Waals surface area contributed by atoms with Gasteiger partial charge in [-0.3, -0.25) is 4.79 Å². The molecule has 4 heteroatoms. The van der Waals surface area contributed by atoms with E-state index in [0.29, 0.717) is 17.0 Å². The summed E-state index contributed by atoms with van der Waals surface area (Å²) in [6.07, 6.45) is 0. The highest BCUT2D eigenvalue weighted by atomic mass is 19.1. The first kappa shape index (κ1) is 13.1. The van der Waals surface area contributed by atoms with Gasteiger partial charge >= 0.3 is 0 Å². The molecule has 0 aliphatic carbocycles. The second kappa shape index (κ2) is 5.52. The summed E-state index contributed by atoms with van der Waals surface area (Å²) in [5.41, 5.74) is 1.63. The van der Waals surface area contributed by atoms with E-state index in [9.17, 15) is 9.18 Å². The number of anilines is 2. The molecule has 0 amide bonds. The molecular weight excluding hydrogens is 245 g/mol. The van der Waals surface area contributed by atoms with Crippen LogP contribution in [-0.4, -0.2) is 12.9 Å². The van der Waals surface area contributed by atoms with Crippen LogP contribution in [0.25, 0.3) is 0 Å². The first-order chi connectivity index (χ1) is 9.08. The van der Waals surface area contributed by atoms with E-state index in [1.165, 1.54) is 19.1 Å². The van der Waals surface area contributed by atoms with Gasteiger partial charge in [-0.2, -0.15) is 0 Å². The van der Waals surface area contributed by atoms with Gasteiger partial charge in [0.2, 0.25) is 0 Å². The minimum atomic E-state index is -0.446. The minimum Gasteiger partial charge on any atom is -0.497 e. The molecule has 0 heterocycles. The first-order valence-corrected chi connectivity index (χ1v) is 5.81. The van der Waals surface area contributed by atoms with Crippen LogP contribution >= 0.6 is 0 Å². The molecule has 0 bridgehead atoms. The van der Waals surface area contributed by atoms with Gasteiger partial charge in [-0.05, 0) is 37.3 Å². The monoisotopic (exact) mass is 259 g/mol. The highest BCUT2D eigenvalue weighted by Crippen LogP contribution is 2.23. The van der Waals surface area contributed by atoms with Gasteiger partial charge in [0.1, 0.15) is 11.6 Å². The van der Waals surface area contributed by atoms with Crippen LogP contribution in [-0.2, 0) is 0 Å². The Kier molecular flexibility index (Phi) is 3.80. The molecule has 2 aromatic carbocycles. The lowest BCUT2D eigenvalue weighted by Gasteiger charge is -2.09. The number of ketones is 1. The van der Waals surface area contributed by atoms with Crippen LogP contribution in [0, 0.1) is 5.82 Å². The van der Waals surface area contributed by atoms with Gasteiger partial charge in [0.05, 0.1) is 7.11 Å². The number of methoxy groups -OCH3 is 1. The van der Waals surface area contributed by atoms with Crippen molar-refractivity contribution in [2.24, 2.45) is 0 Å². The number of rotatable bonds is 4. The molecule has 0 aliphatic rings. The van der Waals surface area contributed by atoms with E-state index < -0.39 is 5.82 Å². The number of halogens is 1. The number of hydrogen-bond acceptors (Lipinski definition) is 3. The molecule has 0 saturated carbocycles. The molecule has 98 valence electrons. The van der Waals surface area contributed by atoms with Crippen molar-refractivity contribution >= 4 is 17.2 Å². The molecule has 0 spiro atoms. The van der Waals surface area contributed by atoms with E-state index in [-0.39, 0.29) is 5.78 Å². The maximum atomic E-state index is 13.4. The lowest BCUT2D eigenvalue weighted by Crippen LogP contribution is -1.97. The van der Waals surface area contributed by atoms with Gasteiger partial charge in [0.25, 0.3) is 0 Å². The Morgan fingerprint density at radius 2 is 1.95 bits per heavy atom. The summed E-state index contributed by atoms with van der Waals surface area (Å²) in [5.74, 6) is 0.0829. The molecule has 3 nitrogen and oxygen atoms in total. The molecule has 19 heavy (non-hydrogen) atoms. The third kappa shape index (κ3) is 3.31. The fraction of sp³-hybridized carbons (Fsp3) is 0.133. The summed E-state index contributed by atoms with van der Waals surface area (Å²) >= 11 is 0. The highest BCUT2D eigenvalue weighted by Gasteiger charge is 2.05. The van der Waals surface area contributed by atoms with Gasteiger partial charge in [-0.25, -0.2) is 4.39 Å². The van der Waals surface area contributed by atoms with Crippen molar-refractivity contribution in [3.05, 3.63) is 53.8 Å². The fourth-order valence-corrected chi connectivity index (χ4v) is 1.73. The predicted octanol–water partition coefficient (Wildman–Crippen LogP) is 3.78. The molecule has 2 aromatic rings. The van der Waals surface area contributed by atoms with Crippen molar-refractivity contribution in [1.29, 1.82) is 0 Å². The maximum Gasteiger partial charge on any atom is 0.159 e. The van der Waals surface area contributed by atoms with E-state index in [0.717, 1.165) is 5.69 Å². The molecule has 0 saturated heterocycles. The zero-order chi connectivity index (χ0) is 13.8. The molecule has 0 unspecified atom stereocenters. The number of carbonyl (C=O) groups excluding carboxylic acids is 1. The maximum absolute atomic E-state index is 13.4. The Labute approximate surface area is 111 Å². The summed E-state index contributed by atoms with van der Waals surface area (Å²) in [4.78, 5) is 11.3. The lowest BCUT2D eigenvalue weighted by atomic mass is 10.1. The summed E-state index contributed by atoms with van der Waals surface area (Å²) in [6.45, 7) is 1.41. The van der Waals surface area contributed by atoms with Crippen molar-refractivity contribution in [3.63, 3.8) is 0 Å². The Hall–Kier alpha value is -2.36. The quantitative estimate of drug-likeness (QED) is 0.849. The van der Waals surface area contributed by atoms with Crippen molar-refractivity contribution in [2.45, 2.75) is 6.92 Å². The van der Waals surface area contributed by atoms with Gasteiger partial charge in [0, 0.05) is 23.0 Å². The minimum absolute atomic E-state index is 0.173. The van der Waals surface area contributed by atoms with E-state index >= 15 is 0 Å². The number of nitrogens with one attached hydrogen (secondary N) is 1. The molecule has 0 aromatic heterocycles. The number of benzene rings is 2. The zero-order valence-corrected chi connectivity index (χ0v) is 10.7. The third-order valence-corrected chi connectivity index (χ3v) is 2.66. The van der Waals surface area contributed by atoms with Crippen LogP contribution in [0.15, 0.2) is 42.5 Å². The van der Waals surface area contributed by atoms with E-state index in [1.54, 1.807) is 19.2 Å². The van der Waals surface area contributed by atoms with Crippen molar-refractivity contribution in [1.82, 2.24) is 0 Å². The molecule has 1 N–H and O–H groups in total. The van der Waals surface area contributed by atoms with Crippen molar-refractivity contribution in [2.75, 3.05) is 12.4 Å². The summed E-state index contributed by atoms with van der Waals surface area (Å²) in [6, 6.07) is 11.4. The first-order valence-electron chi connectivity index (χ1n) is 5.81. The van der Waals surface area contributed by atoms with Crippen molar-refractivity contribution < 1.29 is 13.9 Å². The molecular formula is C15H14FNO2. The van der Waals surface area contributed by atoms with Crippen LogP contribution in [0.5, 0.6) is 5.75 Å². The van der Waals surface area contributed by atoms with Crippen LogP contribution < -0.4 is 10.1 Å². The molecule has 0 fully saturated rings. The van der Waals surface area contributed by atoms with Crippen LogP contribution in [0.2, 0.25) is 0 Å². The highest BCUT2D eigenvalue weighted by molar-refractivity contribution is 5.95. The van der Waals surface area contributed by atoms with Gasteiger partial charge in [-0.1, -0.05) is 6.07 Å². The molecule has 2 rings (SSSR count). The number of ether oxygens (including phenoxy) is 1. The Morgan fingerprint density at radius 3 is 2.63 bits per heavy atom. The Balaban J connectivity index is 2.29. The zero-order valence-electron chi connectivity index (χ0n) is 10.7. The average molecular weight is 259 g/mol. The van der Waals surface area contributed by atoms with Crippen LogP contribution in [0.3, 0.4) is 0 Å². The molecule has 0 aliphatic heterocycles. The average Bonchev–Trinajstić information content (AvgIpc) is 2.38. The van der Waals surface area contributed by atoms with Crippen LogP contribution in [0.4, 0.5) is 15.8 Å². The number of carbonyl (C=O) groups is 1. The summed E-state index contributed by atoms with van der Waals surface area (Å²) in [7, 11) is 1.58. The van der Waals surface area contributed by atoms with Crippen LogP contribution in [0.1, 0.15) is 17.3 Å². The smallest absolute Gasteiger partial charge is 0.159 e. The second-order valence-electron chi connectivity index (χ2n) is 4.14. The third-order valence-electron chi connectivity index (χ3n) is 2.66. The Bertz CT molecular complexity index is 611. The molecule has 0 radical (unpaired) electrons. The topological polar surface area (TPSA) is 38.3 Å². The largest absolute Gasteiger partial charge is 0.497 e. The van der Waals surface area contributed by atoms with E-state index in [1.807, 2.05) is 18.2 Å². The predicted molar refractivity (Wildman–Crippen MR) is 72.7 cm³/mol. The summed E-state index contributed by atoms with van der Waals surface area (Å²) < 4.78 is 18.5. The number of hydrogen-bond donors (Lipinski definition) is 1. The lowest BCUT2D eigenvalue weighted by molar-refractivity contribution is 0.101. The van der Waals surface area contributed by atoms with E-state index in [2.05, 4.69) is 5.32 Å². The second-order valence-corrected chi connectivity index (χ2v) is 4.14. The van der Waals surface area contributed by atoms with E-state index in [4.69, 9.17) is 4.74 Å². The number of Topliss-reactive ketones (excluding diaryl/α,β-unsaturated/α-hetero) is 1. The summed E-state index contributed by atoms with van der Waals surface area (Å²) in [5, 5.41) is 3.04. The normalized spacial score (nSPS) is 10.1. The van der Waals surface area contributed by atoms with Gasteiger partial charge in [-0.15, -0.1) is 0 Å². The Morgan fingerprint density at radius 1 is 1.16 bits per heavy atom. The van der Waals surface area contributed by atoms with Crippen molar-refractivity contribution in [3.8, 4) is 5.75 Å². The fourth-order valence-electron chi connectivity index (χ4n) is 1.73.